The molecule has 0 unspecified atom stereocenters. The van der Waals surface area contributed by atoms with Gasteiger partial charge < -0.3 is 4.74 Å². The summed E-state index contributed by atoms with van der Waals surface area (Å²) in [6, 6.07) is 6.31. The second-order valence-corrected chi connectivity index (χ2v) is 10.5. The highest BCUT2D eigenvalue weighted by molar-refractivity contribution is 5.87. The summed E-state index contributed by atoms with van der Waals surface area (Å²) in [6.45, 7) is 4.29. The fourth-order valence-electron chi connectivity index (χ4n) is 6.80. The number of carbonyl (C=O) groups is 2. The highest BCUT2D eigenvalue weighted by atomic mass is 16.5. The summed E-state index contributed by atoms with van der Waals surface area (Å²) in [5.41, 5.74) is 2.73. The number of fused-ring (bicyclic) bond motifs is 5. The molecule has 0 N–H and O–H groups in total. The van der Waals surface area contributed by atoms with Gasteiger partial charge in [0.25, 0.3) is 0 Å². The van der Waals surface area contributed by atoms with Gasteiger partial charge in [0.05, 0.1) is 0 Å². The number of aryl methyl sites for hydroxylation is 1. The van der Waals surface area contributed by atoms with Crippen molar-refractivity contribution in [2.24, 2.45) is 17.3 Å². The Hall–Kier alpha value is -1.90. The Morgan fingerprint density at radius 1 is 1.09 bits per heavy atom. The SMILES string of the molecule is C/C=C\CCCCCCCC(=O)Oc1ccc2c(c1)CC[C@@H]1[C@@H]2CC[C@]2(C)C(=O)CC[C@@H]12. The van der Waals surface area contributed by atoms with E-state index in [-0.39, 0.29) is 11.4 Å². The molecule has 0 radical (unpaired) electrons. The van der Waals surface area contributed by atoms with Crippen molar-refractivity contribution in [1.82, 2.24) is 0 Å². The zero-order chi connectivity index (χ0) is 22.6. The lowest BCUT2D eigenvalue weighted by Gasteiger charge is -2.48. The number of esters is 1. The van der Waals surface area contributed by atoms with Gasteiger partial charge in [0.1, 0.15) is 11.5 Å². The minimum atomic E-state index is -0.106. The molecular formula is C29H40O3. The van der Waals surface area contributed by atoms with Gasteiger partial charge in [-0.1, -0.05) is 44.4 Å². The van der Waals surface area contributed by atoms with Gasteiger partial charge in [0.15, 0.2) is 0 Å². The van der Waals surface area contributed by atoms with E-state index in [1.807, 2.05) is 6.07 Å². The molecule has 1 aromatic rings. The first-order valence-corrected chi connectivity index (χ1v) is 13.0. The third-order valence-corrected chi connectivity index (χ3v) is 8.63. The molecule has 0 amide bonds. The average molecular weight is 437 g/mol. The van der Waals surface area contributed by atoms with Crippen molar-refractivity contribution in [3.05, 3.63) is 41.5 Å². The van der Waals surface area contributed by atoms with Crippen molar-refractivity contribution in [3.8, 4) is 5.75 Å². The maximum Gasteiger partial charge on any atom is 0.311 e. The number of hydrogen-bond acceptors (Lipinski definition) is 3. The van der Waals surface area contributed by atoms with E-state index in [9.17, 15) is 9.59 Å². The lowest BCUT2D eigenvalue weighted by atomic mass is 9.55. The topological polar surface area (TPSA) is 43.4 Å². The second-order valence-electron chi connectivity index (χ2n) is 10.5. The fourth-order valence-corrected chi connectivity index (χ4v) is 6.80. The molecule has 4 rings (SSSR count). The van der Waals surface area contributed by atoms with Crippen LogP contribution in [-0.2, 0) is 16.0 Å². The van der Waals surface area contributed by atoms with Crippen LogP contribution in [0.5, 0.6) is 5.75 Å². The van der Waals surface area contributed by atoms with E-state index < -0.39 is 0 Å². The number of hydrogen-bond donors (Lipinski definition) is 0. The van der Waals surface area contributed by atoms with E-state index in [1.165, 1.54) is 30.4 Å². The van der Waals surface area contributed by atoms with E-state index in [1.54, 1.807) is 0 Å². The summed E-state index contributed by atoms with van der Waals surface area (Å²) < 4.78 is 5.68. The van der Waals surface area contributed by atoms with Crippen molar-refractivity contribution in [3.63, 3.8) is 0 Å². The van der Waals surface area contributed by atoms with Crippen LogP contribution < -0.4 is 4.74 Å². The van der Waals surface area contributed by atoms with Crippen molar-refractivity contribution >= 4 is 11.8 Å². The molecule has 3 heteroatoms. The van der Waals surface area contributed by atoms with Gasteiger partial charge in [-0.05, 0) is 99.3 Å². The molecule has 3 nitrogen and oxygen atoms in total. The van der Waals surface area contributed by atoms with Crippen molar-refractivity contribution in [2.75, 3.05) is 0 Å². The quantitative estimate of drug-likeness (QED) is 0.176. The monoisotopic (exact) mass is 436 g/mol. The molecule has 174 valence electrons. The molecule has 3 aliphatic rings. The number of Topliss-reactive ketones (excluding diaryl/α,β-unsaturated/α-hetero) is 1. The molecule has 0 bridgehead atoms. The highest BCUT2D eigenvalue weighted by Gasteiger charge is 2.54. The highest BCUT2D eigenvalue weighted by Crippen LogP contribution is 2.59. The maximum atomic E-state index is 12.5. The summed E-state index contributed by atoms with van der Waals surface area (Å²) >= 11 is 0. The zero-order valence-corrected chi connectivity index (χ0v) is 20.0. The number of rotatable bonds is 9. The van der Waals surface area contributed by atoms with Crippen LogP contribution in [0.15, 0.2) is 30.4 Å². The summed E-state index contributed by atoms with van der Waals surface area (Å²) in [7, 11) is 0. The Morgan fingerprint density at radius 3 is 2.75 bits per heavy atom. The molecule has 2 saturated carbocycles. The average Bonchev–Trinajstić information content (AvgIpc) is 3.10. The van der Waals surface area contributed by atoms with Gasteiger partial charge in [-0.15, -0.1) is 0 Å². The van der Waals surface area contributed by atoms with Crippen LogP contribution in [0.3, 0.4) is 0 Å². The predicted octanol–water partition coefficient (Wildman–Crippen LogP) is 7.32. The van der Waals surface area contributed by atoms with Gasteiger partial charge >= 0.3 is 5.97 Å². The van der Waals surface area contributed by atoms with E-state index >= 15 is 0 Å². The van der Waals surface area contributed by atoms with Crippen molar-refractivity contribution in [2.45, 2.75) is 103 Å². The summed E-state index contributed by atoms with van der Waals surface area (Å²) in [6.07, 6.45) is 17.9. The standard InChI is InChI=1S/C29H40O3/c1-3-4-5-6-7-8-9-10-11-28(31)32-22-13-15-23-21(20-22)12-14-25-24(23)18-19-29(2)26(25)16-17-27(29)30/h3-4,13,15,20,24-26H,5-12,14,16-19H2,1-2H3/b4-3-/t24-,25-,26+,29+/m1/s1. The van der Waals surface area contributed by atoms with Crippen LogP contribution in [0.4, 0.5) is 0 Å². The Morgan fingerprint density at radius 2 is 1.91 bits per heavy atom. The zero-order valence-electron chi connectivity index (χ0n) is 20.0. The lowest BCUT2D eigenvalue weighted by Crippen LogP contribution is -2.42. The summed E-state index contributed by atoms with van der Waals surface area (Å²) in [4.78, 5) is 24.8. The first kappa shape index (κ1) is 23.3. The molecular weight excluding hydrogens is 396 g/mol. The van der Waals surface area contributed by atoms with Gasteiger partial charge in [-0.25, -0.2) is 0 Å². The number of carbonyl (C=O) groups excluding carboxylic acids is 2. The molecule has 1 aromatic carbocycles. The Labute approximate surface area is 194 Å². The first-order valence-electron chi connectivity index (χ1n) is 13.0. The normalized spacial score (nSPS) is 28.9. The van der Waals surface area contributed by atoms with Gasteiger partial charge in [0, 0.05) is 18.3 Å². The molecule has 4 atom stereocenters. The van der Waals surface area contributed by atoms with Crippen LogP contribution in [0.1, 0.15) is 108 Å². The van der Waals surface area contributed by atoms with E-state index in [2.05, 4.69) is 38.1 Å². The minimum absolute atomic E-state index is 0.0688. The number of ether oxygens (including phenoxy) is 1. The largest absolute Gasteiger partial charge is 0.427 e. The third kappa shape index (κ3) is 4.87. The van der Waals surface area contributed by atoms with Crippen molar-refractivity contribution in [1.29, 1.82) is 0 Å². The first-order chi connectivity index (χ1) is 15.5. The van der Waals surface area contributed by atoms with E-state index in [0.717, 1.165) is 57.8 Å². The lowest BCUT2D eigenvalue weighted by molar-refractivity contribution is -0.134. The molecule has 0 aromatic heterocycles. The molecule has 0 saturated heterocycles. The van der Waals surface area contributed by atoms with Crippen LogP contribution >= 0.6 is 0 Å². The van der Waals surface area contributed by atoms with Crippen LogP contribution in [-0.4, -0.2) is 11.8 Å². The molecule has 32 heavy (non-hydrogen) atoms. The molecule has 3 aliphatic carbocycles. The minimum Gasteiger partial charge on any atom is -0.427 e. The smallest absolute Gasteiger partial charge is 0.311 e. The Balaban J connectivity index is 1.27. The number of allylic oxidation sites excluding steroid dienone is 2. The predicted molar refractivity (Wildman–Crippen MR) is 129 cm³/mol. The van der Waals surface area contributed by atoms with Crippen LogP contribution in [0.2, 0.25) is 0 Å². The van der Waals surface area contributed by atoms with Crippen molar-refractivity contribution < 1.29 is 14.3 Å². The van der Waals surface area contributed by atoms with Gasteiger partial charge in [-0.3, -0.25) is 9.59 Å². The van der Waals surface area contributed by atoms with E-state index in [4.69, 9.17) is 4.74 Å². The van der Waals surface area contributed by atoms with E-state index in [0.29, 0.717) is 35.7 Å². The van der Waals surface area contributed by atoms with Crippen LogP contribution in [0, 0.1) is 17.3 Å². The molecule has 2 fully saturated rings. The Bertz CT molecular complexity index is 854. The third-order valence-electron chi connectivity index (χ3n) is 8.63. The molecule has 0 heterocycles. The van der Waals surface area contributed by atoms with Gasteiger partial charge in [-0.2, -0.15) is 0 Å². The molecule has 0 aliphatic heterocycles. The molecule has 0 spiro atoms. The van der Waals surface area contributed by atoms with Gasteiger partial charge in [0.2, 0.25) is 0 Å². The number of benzene rings is 1. The summed E-state index contributed by atoms with van der Waals surface area (Å²) in [5, 5.41) is 0. The number of unbranched alkanes of at least 4 members (excludes halogenated alkanes) is 5. The Kier molecular flexibility index (Phi) is 7.53. The number of ketones is 1. The summed E-state index contributed by atoms with van der Waals surface area (Å²) in [5.74, 6) is 2.87. The van der Waals surface area contributed by atoms with Crippen LogP contribution in [0.25, 0.3) is 0 Å². The maximum absolute atomic E-state index is 12.5. The second kappa shape index (κ2) is 10.4. The fraction of sp³-hybridized carbons (Fsp3) is 0.655.